The van der Waals surface area contributed by atoms with Crippen LogP contribution in [0.5, 0.6) is 5.75 Å². The summed E-state index contributed by atoms with van der Waals surface area (Å²) in [5.41, 5.74) is 6.89. The summed E-state index contributed by atoms with van der Waals surface area (Å²) in [5, 5.41) is 3.39. The molecular formula is C13H13BrN4O. The quantitative estimate of drug-likeness (QED) is 0.890. The predicted octanol–water partition coefficient (Wildman–Crippen LogP) is 2.76. The molecule has 2 aromatic rings. The maximum Gasteiger partial charge on any atom is 0.146 e. The number of rotatable bonds is 2. The van der Waals surface area contributed by atoms with Gasteiger partial charge in [-0.3, -0.25) is 0 Å². The zero-order valence-corrected chi connectivity index (χ0v) is 11.7. The van der Waals surface area contributed by atoms with Gasteiger partial charge in [0.25, 0.3) is 0 Å². The van der Waals surface area contributed by atoms with E-state index in [-0.39, 0.29) is 6.04 Å². The number of fused-ring (bicyclic) bond motifs is 1. The third-order valence-corrected chi connectivity index (χ3v) is 3.87. The molecule has 98 valence electrons. The van der Waals surface area contributed by atoms with Gasteiger partial charge in [-0.1, -0.05) is 18.2 Å². The van der Waals surface area contributed by atoms with Gasteiger partial charge >= 0.3 is 0 Å². The number of nitrogen functional groups attached to an aromatic ring is 1. The van der Waals surface area contributed by atoms with E-state index >= 15 is 0 Å². The van der Waals surface area contributed by atoms with Crippen molar-refractivity contribution in [1.82, 2.24) is 9.97 Å². The molecule has 0 saturated carbocycles. The van der Waals surface area contributed by atoms with Gasteiger partial charge in [0.1, 0.15) is 28.2 Å². The van der Waals surface area contributed by atoms with Gasteiger partial charge in [0.2, 0.25) is 0 Å². The lowest BCUT2D eigenvalue weighted by Crippen LogP contribution is -2.21. The van der Waals surface area contributed by atoms with Crippen LogP contribution in [0.3, 0.4) is 0 Å². The number of ether oxygens (including phenoxy) is 1. The van der Waals surface area contributed by atoms with Crippen LogP contribution in [0.1, 0.15) is 18.0 Å². The number of hydrogen-bond acceptors (Lipinski definition) is 5. The van der Waals surface area contributed by atoms with E-state index < -0.39 is 0 Å². The number of para-hydroxylation sites is 1. The van der Waals surface area contributed by atoms with Crippen molar-refractivity contribution in [3.8, 4) is 5.75 Å². The largest absolute Gasteiger partial charge is 0.493 e. The van der Waals surface area contributed by atoms with Crippen LogP contribution in [0.4, 0.5) is 11.6 Å². The van der Waals surface area contributed by atoms with Crippen LogP contribution < -0.4 is 15.8 Å². The second kappa shape index (κ2) is 5.05. The average Bonchev–Trinajstić information content (AvgIpc) is 2.44. The van der Waals surface area contributed by atoms with E-state index in [0.717, 1.165) is 17.7 Å². The molecule has 6 heteroatoms. The van der Waals surface area contributed by atoms with Crippen molar-refractivity contribution in [3.05, 3.63) is 40.6 Å². The molecule has 0 aliphatic carbocycles. The standard InChI is InChI=1S/C13H13BrN4O/c14-11-12(15)16-7-17-13(11)18-9-5-6-19-10-4-2-1-3-8(9)10/h1-4,7,9H,5-6H2,(H3,15,16,17,18). The first-order chi connectivity index (χ1) is 9.25. The fourth-order valence-corrected chi connectivity index (χ4v) is 2.46. The molecule has 1 aromatic heterocycles. The zero-order valence-electron chi connectivity index (χ0n) is 10.1. The molecule has 1 aliphatic rings. The van der Waals surface area contributed by atoms with E-state index in [9.17, 15) is 0 Å². The highest BCUT2D eigenvalue weighted by Crippen LogP contribution is 2.35. The Kier molecular flexibility index (Phi) is 3.25. The highest BCUT2D eigenvalue weighted by atomic mass is 79.9. The minimum Gasteiger partial charge on any atom is -0.493 e. The number of halogens is 1. The average molecular weight is 321 g/mol. The molecule has 19 heavy (non-hydrogen) atoms. The van der Waals surface area contributed by atoms with E-state index in [1.807, 2.05) is 18.2 Å². The normalized spacial score (nSPS) is 17.4. The van der Waals surface area contributed by atoms with Gasteiger partial charge in [0.15, 0.2) is 0 Å². The lowest BCUT2D eigenvalue weighted by atomic mass is 10.0. The monoisotopic (exact) mass is 320 g/mol. The molecule has 1 atom stereocenters. The number of nitrogens with two attached hydrogens (primary N) is 1. The predicted molar refractivity (Wildman–Crippen MR) is 77.1 cm³/mol. The molecule has 3 N–H and O–H groups in total. The van der Waals surface area contributed by atoms with Gasteiger partial charge in [-0.15, -0.1) is 0 Å². The lowest BCUT2D eigenvalue weighted by Gasteiger charge is -2.27. The number of anilines is 2. The number of nitrogens with one attached hydrogen (secondary N) is 1. The van der Waals surface area contributed by atoms with E-state index in [1.54, 1.807) is 0 Å². The van der Waals surface area contributed by atoms with Crippen LogP contribution in [-0.2, 0) is 0 Å². The van der Waals surface area contributed by atoms with Crippen LogP contribution in [0.25, 0.3) is 0 Å². The Morgan fingerprint density at radius 1 is 1.32 bits per heavy atom. The first-order valence-electron chi connectivity index (χ1n) is 6.00. The van der Waals surface area contributed by atoms with E-state index in [1.165, 1.54) is 6.33 Å². The molecule has 0 bridgehead atoms. The van der Waals surface area contributed by atoms with Crippen molar-refractivity contribution in [3.63, 3.8) is 0 Å². The van der Waals surface area contributed by atoms with Gasteiger partial charge in [0.05, 0.1) is 12.6 Å². The smallest absolute Gasteiger partial charge is 0.146 e. The Morgan fingerprint density at radius 3 is 3.05 bits per heavy atom. The fourth-order valence-electron chi connectivity index (χ4n) is 2.14. The number of nitrogens with zero attached hydrogens (tertiary/aromatic N) is 2. The summed E-state index contributed by atoms with van der Waals surface area (Å²) >= 11 is 3.40. The topological polar surface area (TPSA) is 73.1 Å². The fraction of sp³-hybridized carbons (Fsp3) is 0.231. The summed E-state index contributed by atoms with van der Waals surface area (Å²) in [6.07, 6.45) is 2.33. The summed E-state index contributed by atoms with van der Waals surface area (Å²) in [7, 11) is 0. The van der Waals surface area contributed by atoms with Gasteiger partial charge in [-0.2, -0.15) is 0 Å². The third kappa shape index (κ3) is 2.35. The first kappa shape index (κ1) is 12.2. The Labute approximate surface area is 119 Å². The minimum absolute atomic E-state index is 0.163. The van der Waals surface area contributed by atoms with Crippen molar-refractivity contribution in [1.29, 1.82) is 0 Å². The zero-order chi connectivity index (χ0) is 13.2. The Hall–Kier alpha value is -1.82. The number of aromatic nitrogens is 2. The van der Waals surface area contributed by atoms with Crippen molar-refractivity contribution in [2.45, 2.75) is 12.5 Å². The molecule has 3 rings (SSSR count). The molecular weight excluding hydrogens is 308 g/mol. The van der Waals surface area contributed by atoms with Gasteiger partial charge < -0.3 is 15.8 Å². The second-order valence-electron chi connectivity index (χ2n) is 4.29. The molecule has 0 fully saturated rings. The molecule has 0 saturated heterocycles. The molecule has 5 nitrogen and oxygen atoms in total. The molecule has 0 radical (unpaired) electrons. The second-order valence-corrected chi connectivity index (χ2v) is 5.09. The van der Waals surface area contributed by atoms with Gasteiger partial charge in [0, 0.05) is 12.0 Å². The highest BCUT2D eigenvalue weighted by molar-refractivity contribution is 9.10. The highest BCUT2D eigenvalue weighted by Gasteiger charge is 2.22. The maximum absolute atomic E-state index is 5.76. The van der Waals surface area contributed by atoms with E-state index in [2.05, 4.69) is 37.3 Å². The summed E-state index contributed by atoms with van der Waals surface area (Å²) in [6, 6.07) is 8.18. The molecule has 0 amide bonds. The first-order valence-corrected chi connectivity index (χ1v) is 6.79. The van der Waals surface area contributed by atoms with Crippen LogP contribution in [0.2, 0.25) is 0 Å². The summed E-state index contributed by atoms with van der Waals surface area (Å²) in [5.74, 6) is 2.05. The molecule has 1 aromatic carbocycles. The Morgan fingerprint density at radius 2 is 2.16 bits per heavy atom. The van der Waals surface area contributed by atoms with Crippen LogP contribution in [0.15, 0.2) is 35.1 Å². The molecule has 1 aliphatic heterocycles. The van der Waals surface area contributed by atoms with Crippen LogP contribution in [0, 0.1) is 0 Å². The SMILES string of the molecule is Nc1ncnc(NC2CCOc3ccccc32)c1Br. The van der Waals surface area contributed by atoms with Crippen molar-refractivity contribution in [2.24, 2.45) is 0 Å². The minimum atomic E-state index is 0.163. The Balaban J connectivity index is 1.91. The molecule has 2 heterocycles. The number of benzene rings is 1. The maximum atomic E-state index is 5.76. The molecule has 1 unspecified atom stereocenters. The summed E-state index contributed by atoms with van der Waals surface area (Å²) in [4.78, 5) is 8.15. The number of hydrogen-bond donors (Lipinski definition) is 2. The summed E-state index contributed by atoms with van der Waals surface area (Å²) in [6.45, 7) is 0.687. The van der Waals surface area contributed by atoms with Crippen molar-refractivity contribution in [2.75, 3.05) is 17.7 Å². The van der Waals surface area contributed by atoms with Gasteiger partial charge in [-0.25, -0.2) is 9.97 Å². The van der Waals surface area contributed by atoms with Crippen LogP contribution >= 0.6 is 15.9 Å². The van der Waals surface area contributed by atoms with Gasteiger partial charge in [-0.05, 0) is 22.0 Å². The van der Waals surface area contributed by atoms with E-state index in [4.69, 9.17) is 10.5 Å². The van der Waals surface area contributed by atoms with Crippen molar-refractivity contribution < 1.29 is 4.74 Å². The molecule has 0 spiro atoms. The van der Waals surface area contributed by atoms with Crippen molar-refractivity contribution >= 4 is 27.6 Å². The van der Waals surface area contributed by atoms with Crippen LogP contribution in [-0.4, -0.2) is 16.6 Å². The Bertz CT molecular complexity index is 605. The summed E-state index contributed by atoms with van der Waals surface area (Å²) < 4.78 is 6.33. The lowest BCUT2D eigenvalue weighted by molar-refractivity contribution is 0.274. The van der Waals surface area contributed by atoms with E-state index in [0.29, 0.717) is 22.7 Å². The third-order valence-electron chi connectivity index (χ3n) is 3.09.